The number of para-hydroxylation sites is 1. The van der Waals surface area contributed by atoms with Gasteiger partial charge in [0.1, 0.15) is 23.6 Å². The number of fused-ring (bicyclic) bond motifs is 5. The zero-order valence-electron chi connectivity index (χ0n) is 20.1. The van der Waals surface area contributed by atoms with Crippen molar-refractivity contribution in [3.63, 3.8) is 0 Å². The van der Waals surface area contributed by atoms with Gasteiger partial charge in [-0.15, -0.1) is 0 Å². The van der Waals surface area contributed by atoms with E-state index in [2.05, 4.69) is 5.32 Å². The first kappa shape index (κ1) is 22.4. The highest BCUT2D eigenvalue weighted by atomic mass is 19.1. The number of rotatable bonds is 4. The van der Waals surface area contributed by atoms with Gasteiger partial charge in [0.05, 0.1) is 6.54 Å². The van der Waals surface area contributed by atoms with Gasteiger partial charge in [-0.3, -0.25) is 9.59 Å². The summed E-state index contributed by atoms with van der Waals surface area (Å²) in [4.78, 5) is 28.5. The third-order valence-electron chi connectivity index (χ3n) is 7.28. The first-order chi connectivity index (χ1) is 18.5. The Labute approximate surface area is 217 Å². The third-order valence-corrected chi connectivity index (χ3v) is 7.28. The second-order valence-corrected chi connectivity index (χ2v) is 9.47. The lowest BCUT2D eigenvalue weighted by Crippen LogP contribution is -2.42. The van der Waals surface area contributed by atoms with E-state index in [0.717, 1.165) is 22.4 Å². The lowest BCUT2D eigenvalue weighted by atomic mass is 9.77. The van der Waals surface area contributed by atoms with E-state index < -0.39 is 11.2 Å². The molecule has 2 amide bonds. The molecular formula is C30H21FN2O5. The molecule has 3 heterocycles. The standard InChI is InChI=1S/C30H21FN2O5/c31-20-4-3-5-21(12-20)32-28(34)19-10-8-18(9-11-19)15-33-24-7-2-1-6-22(24)30(29(33)35)16-36-25-14-27-26(13-23(25)30)37-17-38-27/h1-14H,15-17H2,(H,32,34). The molecular weight excluding hydrogens is 487 g/mol. The molecule has 1 atom stereocenters. The summed E-state index contributed by atoms with van der Waals surface area (Å²) in [7, 11) is 0. The molecule has 1 N–H and O–H groups in total. The maximum absolute atomic E-state index is 14.1. The molecule has 7 nitrogen and oxygen atoms in total. The monoisotopic (exact) mass is 508 g/mol. The van der Waals surface area contributed by atoms with Crippen molar-refractivity contribution < 1.29 is 28.2 Å². The molecule has 3 aliphatic rings. The van der Waals surface area contributed by atoms with E-state index in [1.54, 1.807) is 29.2 Å². The Morgan fingerprint density at radius 2 is 1.66 bits per heavy atom. The predicted molar refractivity (Wildman–Crippen MR) is 137 cm³/mol. The van der Waals surface area contributed by atoms with Crippen LogP contribution in [0.15, 0.2) is 84.9 Å². The number of anilines is 2. The molecule has 3 aliphatic heterocycles. The highest BCUT2D eigenvalue weighted by molar-refractivity contribution is 6.11. The van der Waals surface area contributed by atoms with Gasteiger partial charge in [-0.25, -0.2) is 4.39 Å². The molecule has 8 heteroatoms. The van der Waals surface area contributed by atoms with Gasteiger partial charge in [0, 0.05) is 28.6 Å². The number of nitrogens with zero attached hydrogens (tertiary/aromatic N) is 1. The summed E-state index contributed by atoms with van der Waals surface area (Å²) in [6.07, 6.45) is 0. The SMILES string of the molecule is O=C(Nc1cccc(F)c1)c1ccc(CN2C(=O)C3(COc4cc5c(cc43)OCO5)c3ccccc32)cc1. The molecule has 0 radical (unpaired) electrons. The lowest BCUT2D eigenvalue weighted by molar-refractivity contribution is -0.122. The molecule has 0 aliphatic carbocycles. The molecule has 0 fully saturated rings. The van der Waals surface area contributed by atoms with E-state index in [1.165, 1.54) is 18.2 Å². The quantitative estimate of drug-likeness (QED) is 0.418. The van der Waals surface area contributed by atoms with Crippen molar-refractivity contribution in [1.29, 1.82) is 0 Å². The van der Waals surface area contributed by atoms with Crippen molar-refractivity contribution in [2.45, 2.75) is 12.0 Å². The molecule has 4 aromatic rings. The number of carbonyl (C=O) groups is 2. The molecule has 0 saturated carbocycles. The van der Waals surface area contributed by atoms with Crippen LogP contribution in [0.1, 0.15) is 27.0 Å². The van der Waals surface area contributed by atoms with E-state index in [4.69, 9.17) is 14.2 Å². The molecule has 1 unspecified atom stereocenters. The number of hydrogen-bond acceptors (Lipinski definition) is 5. The van der Waals surface area contributed by atoms with Gasteiger partial charge < -0.3 is 24.4 Å². The average Bonchev–Trinajstić information content (AvgIpc) is 3.60. The van der Waals surface area contributed by atoms with Crippen LogP contribution in [-0.4, -0.2) is 25.2 Å². The van der Waals surface area contributed by atoms with Gasteiger partial charge in [0.2, 0.25) is 12.7 Å². The van der Waals surface area contributed by atoms with Gasteiger partial charge in [-0.2, -0.15) is 0 Å². The summed E-state index contributed by atoms with van der Waals surface area (Å²) < 4.78 is 30.6. The Kier molecular flexibility index (Phi) is 4.91. The zero-order valence-corrected chi connectivity index (χ0v) is 20.1. The maximum atomic E-state index is 14.1. The highest BCUT2D eigenvalue weighted by Crippen LogP contribution is 2.55. The van der Waals surface area contributed by atoms with Crippen molar-refractivity contribution in [2.24, 2.45) is 0 Å². The van der Waals surface area contributed by atoms with E-state index in [1.807, 2.05) is 42.5 Å². The number of carbonyl (C=O) groups excluding carboxylic acids is 2. The fourth-order valence-corrected chi connectivity index (χ4v) is 5.44. The van der Waals surface area contributed by atoms with Gasteiger partial charge in [-0.05, 0) is 53.6 Å². The van der Waals surface area contributed by atoms with Crippen LogP contribution < -0.4 is 24.4 Å². The van der Waals surface area contributed by atoms with Crippen LogP contribution >= 0.6 is 0 Å². The van der Waals surface area contributed by atoms with Crippen molar-refractivity contribution in [3.8, 4) is 17.2 Å². The van der Waals surface area contributed by atoms with Crippen LogP contribution in [-0.2, 0) is 16.8 Å². The summed E-state index contributed by atoms with van der Waals surface area (Å²) in [5.74, 6) is 0.980. The minimum absolute atomic E-state index is 0.0794. The van der Waals surface area contributed by atoms with Crippen molar-refractivity contribution in [1.82, 2.24) is 0 Å². The average molecular weight is 509 g/mol. The van der Waals surface area contributed by atoms with E-state index in [-0.39, 0.29) is 25.2 Å². The van der Waals surface area contributed by atoms with Gasteiger partial charge in [0.15, 0.2) is 11.5 Å². The number of halogens is 1. The predicted octanol–water partition coefficient (Wildman–Crippen LogP) is 5.03. The summed E-state index contributed by atoms with van der Waals surface area (Å²) in [5.41, 5.74) is 3.16. The summed E-state index contributed by atoms with van der Waals surface area (Å²) >= 11 is 0. The Hall–Kier alpha value is -4.85. The largest absolute Gasteiger partial charge is 0.491 e. The van der Waals surface area contributed by atoms with Crippen molar-refractivity contribution >= 4 is 23.2 Å². The Morgan fingerprint density at radius 1 is 0.868 bits per heavy atom. The number of amides is 2. The van der Waals surface area contributed by atoms with E-state index in [0.29, 0.717) is 35.0 Å². The second kappa shape index (κ2) is 8.34. The van der Waals surface area contributed by atoms with Crippen molar-refractivity contribution in [2.75, 3.05) is 23.6 Å². The molecule has 4 aromatic carbocycles. The second-order valence-electron chi connectivity index (χ2n) is 9.47. The first-order valence-corrected chi connectivity index (χ1v) is 12.2. The van der Waals surface area contributed by atoms with Crippen LogP contribution in [0.5, 0.6) is 17.2 Å². The molecule has 188 valence electrons. The van der Waals surface area contributed by atoms with Crippen LogP contribution in [0.4, 0.5) is 15.8 Å². The lowest BCUT2D eigenvalue weighted by Gasteiger charge is -2.23. The van der Waals surface area contributed by atoms with E-state index in [9.17, 15) is 14.0 Å². The minimum Gasteiger partial charge on any atom is -0.491 e. The van der Waals surface area contributed by atoms with Gasteiger partial charge in [-0.1, -0.05) is 36.4 Å². The van der Waals surface area contributed by atoms with Crippen LogP contribution in [0.3, 0.4) is 0 Å². The summed E-state index contributed by atoms with van der Waals surface area (Å²) in [6, 6.07) is 24.2. The summed E-state index contributed by atoms with van der Waals surface area (Å²) in [5, 5.41) is 2.70. The van der Waals surface area contributed by atoms with Gasteiger partial charge >= 0.3 is 0 Å². The maximum Gasteiger partial charge on any atom is 0.255 e. The molecule has 0 bridgehead atoms. The Balaban J connectivity index is 1.17. The molecule has 38 heavy (non-hydrogen) atoms. The Bertz CT molecular complexity index is 1620. The molecule has 0 aromatic heterocycles. The smallest absolute Gasteiger partial charge is 0.255 e. The number of hydrogen-bond donors (Lipinski definition) is 1. The van der Waals surface area contributed by atoms with Crippen LogP contribution in [0.2, 0.25) is 0 Å². The number of benzene rings is 4. The number of ether oxygens (including phenoxy) is 3. The highest BCUT2D eigenvalue weighted by Gasteiger charge is 2.57. The van der Waals surface area contributed by atoms with E-state index >= 15 is 0 Å². The Morgan fingerprint density at radius 3 is 2.47 bits per heavy atom. The fourth-order valence-electron chi connectivity index (χ4n) is 5.44. The fraction of sp³-hybridized carbons (Fsp3) is 0.133. The topological polar surface area (TPSA) is 77.1 Å². The third kappa shape index (κ3) is 3.33. The normalized spacial score (nSPS) is 18.3. The van der Waals surface area contributed by atoms with Crippen LogP contribution in [0, 0.1) is 5.82 Å². The van der Waals surface area contributed by atoms with Crippen molar-refractivity contribution in [3.05, 3.63) is 113 Å². The van der Waals surface area contributed by atoms with Gasteiger partial charge in [0.25, 0.3) is 5.91 Å². The molecule has 0 saturated heterocycles. The zero-order chi connectivity index (χ0) is 25.9. The number of nitrogens with one attached hydrogen (secondary N) is 1. The van der Waals surface area contributed by atoms with Crippen LogP contribution in [0.25, 0.3) is 0 Å². The summed E-state index contributed by atoms with van der Waals surface area (Å²) in [6.45, 7) is 0.651. The molecule has 7 rings (SSSR count). The molecule has 1 spiro atoms. The minimum atomic E-state index is -0.975. The first-order valence-electron chi connectivity index (χ1n) is 12.2.